The smallest absolute Gasteiger partial charge is 0.343 e. The van der Waals surface area contributed by atoms with Gasteiger partial charge in [-0.25, -0.2) is 14.8 Å². The van der Waals surface area contributed by atoms with E-state index in [0.717, 1.165) is 0 Å². The molecule has 0 N–H and O–H groups in total. The molecule has 5 rings (SSSR count). The SMILES string of the molecule is O=C(Oc1cccc2c1Oc1nc3ccccc3nc1O2)c1ccccc1. The first-order valence-corrected chi connectivity index (χ1v) is 8.31. The molecule has 3 aromatic carbocycles. The summed E-state index contributed by atoms with van der Waals surface area (Å²) in [6.45, 7) is 0. The van der Waals surface area contributed by atoms with Crippen molar-refractivity contribution in [3.05, 3.63) is 78.4 Å². The Labute approximate surface area is 154 Å². The van der Waals surface area contributed by atoms with E-state index in [4.69, 9.17) is 14.2 Å². The van der Waals surface area contributed by atoms with Gasteiger partial charge in [-0.3, -0.25) is 0 Å². The number of fused-ring (bicyclic) bond motifs is 3. The van der Waals surface area contributed by atoms with Gasteiger partial charge in [0.15, 0.2) is 11.5 Å². The lowest BCUT2D eigenvalue weighted by Crippen LogP contribution is -2.10. The van der Waals surface area contributed by atoms with Crippen molar-refractivity contribution in [1.82, 2.24) is 9.97 Å². The van der Waals surface area contributed by atoms with Crippen molar-refractivity contribution in [2.45, 2.75) is 0 Å². The number of hydrogen-bond acceptors (Lipinski definition) is 6. The molecular weight excluding hydrogens is 344 g/mol. The molecule has 0 radical (unpaired) electrons. The number of benzene rings is 3. The van der Waals surface area contributed by atoms with E-state index in [0.29, 0.717) is 28.1 Å². The van der Waals surface area contributed by atoms with Crippen LogP contribution in [-0.2, 0) is 0 Å². The first kappa shape index (κ1) is 15.3. The summed E-state index contributed by atoms with van der Waals surface area (Å²) in [5.41, 5.74) is 1.83. The minimum Gasteiger partial charge on any atom is -0.431 e. The monoisotopic (exact) mass is 356 g/mol. The molecule has 27 heavy (non-hydrogen) atoms. The number of esters is 1. The lowest BCUT2D eigenvalue weighted by Gasteiger charge is -2.20. The van der Waals surface area contributed by atoms with Crippen LogP contribution in [0.25, 0.3) is 11.0 Å². The fourth-order valence-corrected chi connectivity index (χ4v) is 2.79. The molecule has 130 valence electrons. The van der Waals surface area contributed by atoms with Crippen molar-refractivity contribution < 1.29 is 19.0 Å². The fraction of sp³-hybridized carbons (Fsp3) is 0. The number of nitrogens with zero attached hydrogens (tertiary/aromatic N) is 2. The quantitative estimate of drug-likeness (QED) is 0.336. The molecule has 0 amide bonds. The number of rotatable bonds is 2. The lowest BCUT2D eigenvalue weighted by atomic mass is 10.2. The highest BCUT2D eigenvalue weighted by molar-refractivity contribution is 5.91. The molecule has 1 aliphatic rings. The minimum atomic E-state index is -0.483. The Morgan fingerprint density at radius 2 is 1.41 bits per heavy atom. The van der Waals surface area contributed by atoms with Gasteiger partial charge in [-0.15, -0.1) is 0 Å². The van der Waals surface area contributed by atoms with Crippen LogP contribution in [0.15, 0.2) is 72.8 Å². The highest BCUT2D eigenvalue weighted by Crippen LogP contribution is 2.48. The second-order valence-electron chi connectivity index (χ2n) is 5.87. The van der Waals surface area contributed by atoms with Crippen molar-refractivity contribution in [3.63, 3.8) is 0 Å². The number of ether oxygens (including phenoxy) is 3. The highest BCUT2D eigenvalue weighted by Gasteiger charge is 2.26. The summed E-state index contributed by atoms with van der Waals surface area (Å²) in [5.74, 6) is 0.964. The predicted octanol–water partition coefficient (Wildman–Crippen LogP) is 4.75. The molecule has 4 aromatic rings. The maximum absolute atomic E-state index is 12.4. The van der Waals surface area contributed by atoms with Crippen LogP contribution in [0.2, 0.25) is 0 Å². The van der Waals surface area contributed by atoms with Gasteiger partial charge in [0, 0.05) is 0 Å². The van der Waals surface area contributed by atoms with Gasteiger partial charge in [0.2, 0.25) is 5.75 Å². The molecule has 0 spiro atoms. The number of aromatic nitrogens is 2. The predicted molar refractivity (Wildman–Crippen MR) is 97.5 cm³/mol. The van der Waals surface area contributed by atoms with E-state index >= 15 is 0 Å². The van der Waals surface area contributed by atoms with E-state index in [1.165, 1.54) is 0 Å². The second kappa shape index (κ2) is 6.10. The molecule has 1 aromatic heterocycles. The molecule has 0 bridgehead atoms. The van der Waals surface area contributed by atoms with Crippen LogP contribution < -0.4 is 14.2 Å². The molecule has 2 heterocycles. The third kappa shape index (κ3) is 2.73. The van der Waals surface area contributed by atoms with Gasteiger partial charge in [0.1, 0.15) is 0 Å². The van der Waals surface area contributed by atoms with Crippen LogP contribution in [0.5, 0.6) is 29.0 Å². The van der Waals surface area contributed by atoms with E-state index in [9.17, 15) is 4.79 Å². The standard InChI is InChI=1S/C21H12N2O4/c24-21(13-7-2-1-3-8-13)26-17-12-6-11-16-18(17)27-20-19(25-16)22-14-9-4-5-10-15(14)23-20/h1-12H. The topological polar surface area (TPSA) is 70.5 Å². The van der Waals surface area contributed by atoms with Crippen LogP contribution in [-0.4, -0.2) is 15.9 Å². The van der Waals surface area contributed by atoms with Crippen molar-refractivity contribution in [2.75, 3.05) is 0 Å². The van der Waals surface area contributed by atoms with Gasteiger partial charge < -0.3 is 14.2 Å². The summed E-state index contributed by atoms with van der Waals surface area (Å²) < 4.78 is 17.2. The molecule has 1 aliphatic heterocycles. The van der Waals surface area contributed by atoms with Crippen LogP contribution in [0.3, 0.4) is 0 Å². The summed E-state index contributed by atoms with van der Waals surface area (Å²) in [5, 5.41) is 0. The van der Waals surface area contributed by atoms with Crippen molar-refractivity contribution >= 4 is 17.0 Å². The normalized spacial score (nSPS) is 11.7. The Balaban J connectivity index is 1.51. The highest BCUT2D eigenvalue weighted by atomic mass is 16.6. The average Bonchev–Trinajstić information content (AvgIpc) is 2.71. The van der Waals surface area contributed by atoms with E-state index in [2.05, 4.69) is 9.97 Å². The van der Waals surface area contributed by atoms with Crippen LogP contribution in [0.4, 0.5) is 0 Å². The van der Waals surface area contributed by atoms with E-state index in [-0.39, 0.29) is 17.5 Å². The van der Waals surface area contributed by atoms with Crippen molar-refractivity contribution in [1.29, 1.82) is 0 Å². The van der Waals surface area contributed by atoms with Gasteiger partial charge in [-0.1, -0.05) is 36.4 Å². The van der Waals surface area contributed by atoms with Gasteiger partial charge in [-0.05, 0) is 36.4 Å². The van der Waals surface area contributed by atoms with Gasteiger partial charge in [-0.2, -0.15) is 0 Å². The Morgan fingerprint density at radius 3 is 2.15 bits per heavy atom. The Hall–Kier alpha value is -3.93. The minimum absolute atomic E-state index is 0.226. The number of carbonyl (C=O) groups excluding carboxylic acids is 1. The summed E-state index contributed by atoms with van der Waals surface area (Å²) in [6, 6.07) is 21.2. The summed E-state index contributed by atoms with van der Waals surface area (Å²) >= 11 is 0. The number of carbonyl (C=O) groups is 1. The van der Waals surface area contributed by atoms with Gasteiger partial charge in [0.05, 0.1) is 16.6 Å². The zero-order valence-electron chi connectivity index (χ0n) is 14.0. The molecule has 0 aliphatic carbocycles. The van der Waals surface area contributed by atoms with Crippen LogP contribution in [0.1, 0.15) is 10.4 Å². The Morgan fingerprint density at radius 1 is 0.741 bits per heavy atom. The molecular formula is C21H12N2O4. The number of hydrogen-bond donors (Lipinski definition) is 0. The van der Waals surface area contributed by atoms with Crippen molar-refractivity contribution in [2.24, 2.45) is 0 Å². The third-order valence-corrected chi connectivity index (χ3v) is 4.07. The number of para-hydroxylation sites is 3. The second-order valence-corrected chi connectivity index (χ2v) is 5.87. The van der Waals surface area contributed by atoms with E-state index < -0.39 is 5.97 Å². The summed E-state index contributed by atoms with van der Waals surface area (Å²) in [7, 11) is 0. The van der Waals surface area contributed by atoms with E-state index in [1.807, 2.05) is 30.3 Å². The molecule has 6 heteroatoms. The summed E-state index contributed by atoms with van der Waals surface area (Å²) in [4.78, 5) is 21.3. The Bertz CT molecular complexity index is 1180. The maximum atomic E-state index is 12.4. The molecule has 0 saturated carbocycles. The zero-order valence-corrected chi connectivity index (χ0v) is 14.0. The van der Waals surface area contributed by atoms with E-state index in [1.54, 1.807) is 42.5 Å². The molecule has 6 nitrogen and oxygen atoms in total. The fourth-order valence-electron chi connectivity index (χ4n) is 2.79. The third-order valence-electron chi connectivity index (χ3n) is 4.07. The van der Waals surface area contributed by atoms with Gasteiger partial charge >= 0.3 is 5.97 Å². The maximum Gasteiger partial charge on any atom is 0.343 e. The Kier molecular flexibility index (Phi) is 3.47. The summed E-state index contributed by atoms with van der Waals surface area (Å²) in [6.07, 6.45) is 0. The largest absolute Gasteiger partial charge is 0.431 e. The first-order chi connectivity index (χ1) is 13.3. The molecule has 0 atom stereocenters. The van der Waals surface area contributed by atoms with Crippen LogP contribution >= 0.6 is 0 Å². The lowest BCUT2D eigenvalue weighted by molar-refractivity contribution is 0.0729. The molecule has 0 unspecified atom stereocenters. The van der Waals surface area contributed by atoms with Crippen LogP contribution in [0, 0.1) is 0 Å². The van der Waals surface area contributed by atoms with Crippen molar-refractivity contribution in [3.8, 4) is 29.0 Å². The molecule has 0 fully saturated rings. The molecule has 0 saturated heterocycles. The first-order valence-electron chi connectivity index (χ1n) is 8.31. The average molecular weight is 356 g/mol. The van der Waals surface area contributed by atoms with Gasteiger partial charge in [0.25, 0.3) is 11.8 Å². The zero-order chi connectivity index (χ0) is 18.2.